The third-order valence-electron chi connectivity index (χ3n) is 14.2. The predicted octanol–water partition coefficient (Wildman–Crippen LogP) is 11.8. The lowest BCUT2D eigenvalue weighted by molar-refractivity contribution is -0.363. The second-order valence-electron chi connectivity index (χ2n) is 20.0. The first-order valence-electron chi connectivity index (χ1n) is 27.3. The minimum Gasteiger partial charge on any atom is -0.387 e. The summed E-state index contributed by atoms with van der Waals surface area (Å²) in [6, 6.07) is 79.8. The maximum absolute atomic E-state index is 13.3. The van der Waals surface area contributed by atoms with E-state index in [0.29, 0.717) is 6.61 Å². The van der Waals surface area contributed by atoms with Crippen LogP contribution in [0.5, 0.6) is 0 Å². The SMILES string of the molecule is O[C@@H]1[C@H](O[C@H]2O[C@H](COCc3ccccc3)[C@@H](OCc3ccccc3)[C@H](OCc3ccccc3)[C@@H]2OCc2ccccc2)[C@H](OCc2ccccc2)[C@@H](OCc2ccccc2)[C@H](OCc2ccccc2)[C@H]1OCc1ccccc1. The Kier molecular flexibility index (Phi) is 20.8. The fraction of sp³-hybridized carbons (Fsp3) is 0.294. The summed E-state index contributed by atoms with van der Waals surface area (Å²) in [5, 5.41) is 13.3. The van der Waals surface area contributed by atoms with Crippen molar-refractivity contribution in [3.63, 3.8) is 0 Å². The van der Waals surface area contributed by atoms with Crippen LogP contribution in [0, 0.1) is 0 Å². The Bertz CT molecular complexity index is 2910. The van der Waals surface area contributed by atoms with Gasteiger partial charge in [-0.3, -0.25) is 0 Å². The topological polar surface area (TPSA) is 113 Å². The van der Waals surface area contributed by atoms with Crippen LogP contribution in [0.25, 0.3) is 0 Å². The van der Waals surface area contributed by atoms with Crippen molar-refractivity contribution in [1.82, 2.24) is 0 Å². The van der Waals surface area contributed by atoms with E-state index < -0.39 is 67.3 Å². The monoisotopic (exact) mass is 1060 g/mol. The van der Waals surface area contributed by atoms with Crippen molar-refractivity contribution >= 4 is 0 Å². The highest BCUT2D eigenvalue weighted by molar-refractivity contribution is 5.20. The molecule has 2 aliphatic rings. The molecule has 8 aromatic carbocycles. The molecule has 1 saturated heterocycles. The predicted molar refractivity (Wildman–Crippen MR) is 301 cm³/mol. The van der Waals surface area contributed by atoms with Gasteiger partial charge in [0.25, 0.3) is 0 Å². The highest BCUT2D eigenvalue weighted by Crippen LogP contribution is 2.39. The number of ether oxygens (including phenoxy) is 10. The summed E-state index contributed by atoms with van der Waals surface area (Å²) >= 11 is 0. The van der Waals surface area contributed by atoms with Gasteiger partial charge in [-0.15, -0.1) is 0 Å². The highest BCUT2D eigenvalue weighted by atomic mass is 16.7. The van der Waals surface area contributed by atoms with E-state index in [9.17, 15) is 5.11 Å². The number of hydrogen-bond acceptors (Lipinski definition) is 11. The van der Waals surface area contributed by atoms with E-state index >= 15 is 0 Å². The van der Waals surface area contributed by atoms with Gasteiger partial charge in [0.2, 0.25) is 0 Å². The van der Waals surface area contributed by atoms with Crippen LogP contribution >= 0.6 is 0 Å². The third kappa shape index (κ3) is 16.0. The first kappa shape index (κ1) is 55.6. The Labute approximate surface area is 464 Å². The van der Waals surface area contributed by atoms with E-state index in [4.69, 9.17) is 47.4 Å². The van der Waals surface area contributed by atoms with Crippen molar-refractivity contribution in [2.24, 2.45) is 0 Å². The van der Waals surface area contributed by atoms with Crippen molar-refractivity contribution in [3.8, 4) is 0 Å². The van der Waals surface area contributed by atoms with Gasteiger partial charge in [0.1, 0.15) is 61.0 Å². The molecular formula is C68H70O11. The van der Waals surface area contributed by atoms with Gasteiger partial charge in [-0.05, 0) is 44.5 Å². The van der Waals surface area contributed by atoms with Gasteiger partial charge in [0.15, 0.2) is 6.29 Å². The van der Waals surface area contributed by atoms with Gasteiger partial charge in [0, 0.05) is 0 Å². The van der Waals surface area contributed by atoms with Crippen molar-refractivity contribution in [2.75, 3.05) is 6.61 Å². The normalized spacial score (nSPS) is 24.0. The van der Waals surface area contributed by atoms with Crippen LogP contribution in [0.2, 0.25) is 0 Å². The Morgan fingerprint density at radius 2 is 0.506 bits per heavy atom. The first-order chi connectivity index (χ1) is 39.1. The van der Waals surface area contributed by atoms with Crippen LogP contribution in [0.3, 0.4) is 0 Å². The second kappa shape index (κ2) is 29.5. The van der Waals surface area contributed by atoms with Crippen molar-refractivity contribution < 1.29 is 52.5 Å². The summed E-state index contributed by atoms with van der Waals surface area (Å²) in [6.45, 7) is 1.84. The molecule has 1 heterocycles. The van der Waals surface area contributed by atoms with E-state index in [1.165, 1.54) is 0 Å². The quantitative estimate of drug-likeness (QED) is 0.0531. The zero-order chi connectivity index (χ0) is 53.7. The average Bonchev–Trinajstić information content (AvgIpc) is 3.65. The largest absolute Gasteiger partial charge is 0.387 e. The number of aliphatic hydroxyl groups is 1. The number of aliphatic hydroxyl groups excluding tert-OH is 1. The fourth-order valence-corrected chi connectivity index (χ4v) is 10.1. The van der Waals surface area contributed by atoms with Gasteiger partial charge < -0.3 is 52.5 Å². The summed E-state index contributed by atoms with van der Waals surface area (Å²) in [6.07, 6.45) is -10.7. The highest BCUT2D eigenvalue weighted by Gasteiger charge is 2.57. The molecule has 0 unspecified atom stereocenters. The van der Waals surface area contributed by atoms with E-state index in [1.807, 2.05) is 243 Å². The van der Waals surface area contributed by atoms with E-state index in [-0.39, 0.29) is 52.9 Å². The third-order valence-corrected chi connectivity index (χ3v) is 14.2. The molecule has 0 bridgehead atoms. The smallest absolute Gasteiger partial charge is 0.187 e. The molecule has 1 saturated carbocycles. The zero-order valence-electron chi connectivity index (χ0n) is 44.3. The lowest BCUT2D eigenvalue weighted by Gasteiger charge is -2.51. The molecule has 0 amide bonds. The Hall–Kier alpha value is -6.68. The zero-order valence-corrected chi connectivity index (χ0v) is 44.3. The summed E-state index contributed by atoms with van der Waals surface area (Å²) in [7, 11) is 0. The molecule has 8 aromatic rings. The van der Waals surface area contributed by atoms with E-state index in [1.54, 1.807) is 0 Å². The fourth-order valence-electron chi connectivity index (χ4n) is 10.1. The van der Waals surface area contributed by atoms with Gasteiger partial charge in [-0.1, -0.05) is 243 Å². The van der Waals surface area contributed by atoms with Crippen molar-refractivity contribution in [1.29, 1.82) is 0 Å². The second-order valence-corrected chi connectivity index (χ2v) is 20.0. The van der Waals surface area contributed by atoms with Crippen molar-refractivity contribution in [3.05, 3.63) is 287 Å². The van der Waals surface area contributed by atoms with Crippen LogP contribution in [0.1, 0.15) is 44.5 Å². The molecule has 79 heavy (non-hydrogen) atoms. The minimum absolute atomic E-state index is 0.104. The van der Waals surface area contributed by atoms with E-state index in [0.717, 1.165) is 44.5 Å². The van der Waals surface area contributed by atoms with Crippen LogP contribution in [-0.4, -0.2) is 79.0 Å². The molecule has 2 fully saturated rings. The molecule has 11 atom stereocenters. The van der Waals surface area contributed by atoms with Crippen LogP contribution < -0.4 is 0 Å². The number of hydrogen-bond donors (Lipinski definition) is 1. The van der Waals surface area contributed by atoms with Gasteiger partial charge in [0.05, 0.1) is 59.5 Å². The standard InChI is InChI=1S/C68H70O11/c69-59-61(72-43-52-29-13-3-14-30-52)64(74-45-54-33-17-5-18-34-54)66(76-47-56-37-21-7-22-38-56)65(75-46-55-35-19-6-20-36-55)62(59)79-68-67(77-48-57-39-23-8-24-40-57)63(73-44-53-31-15-4-16-32-53)60(71-42-51-27-11-2-12-28-51)58(78-68)49-70-41-50-25-9-1-10-26-50/h1-40,58-69H,41-49H2/t58-,59+,60-,61+,62+,63+,64-,65+,66+,67+,68-/m1/s1. The summed E-state index contributed by atoms with van der Waals surface area (Å²) in [5.41, 5.74) is 7.60. The molecule has 11 nitrogen and oxygen atoms in total. The van der Waals surface area contributed by atoms with Gasteiger partial charge in [-0.2, -0.15) is 0 Å². The molecular weight excluding hydrogens is 993 g/mol. The molecule has 0 aromatic heterocycles. The minimum atomic E-state index is -1.37. The molecule has 1 N–H and O–H groups in total. The molecule has 1 aliphatic heterocycles. The van der Waals surface area contributed by atoms with Crippen LogP contribution in [-0.2, 0) is 100 Å². The Morgan fingerprint density at radius 3 is 0.835 bits per heavy atom. The maximum Gasteiger partial charge on any atom is 0.187 e. The van der Waals surface area contributed by atoms with Crippen molar-refractivity contribution in [2.45, 2.75) is 120 Å². The van der Waals surface area contributed by atoms with Gasteiger partial charge >= 0.3 is 0 Å². The van der Waals surface area contributed by atoms with Gasteiger partial charge in [-0.25, -0.2) is 0 Å². The molecule has 0 radical (unpaired) electrons. The molecule has 10 rings (SSSR count). The molecule has 0 spiro atoms. The summed E-state index contributed by atoms with van der Waals surface area (Å²) in [5.74, 6) is 0. The Morgan fingerprint density at radius 1 is 0.266 bits per heavy atom. The summed E-state index contributed by atoms with van der Waals surface area (Å²) in [4.78, 5) is 0. The van der Waals surface area contributed by atoms with Crippen LogP contribution in [0.4, 0.5) is 0 Å². The molecule has 11 heteroatoms. The first-order valence-corrected chi connectivity index (χ1v) is 27.3. The molecule has 408 valence electrons. The lowest BCUT2D eigenvalue weighted by Crippen LogP contribution is -2.69. The van der Waals surface area contributed by atoms with Crippen LogP contribution in [0.15, 0.2) is 243 Å². The number of benzene rings is 8. The van der Waals surface area contributed by atoms with E-state index in [2.05, 4.69) is 0 Å². The molecule has 1 aliphatic carbocycles. The number of rotatable bonds is 27. The lowest BCUT2D eigenvalue weighted by atomic mass is 9.83. The average molecular weight is 1060 g/mol. The Balaban J connectivity index is 1.07. The summed E-state index contributed by atoms with van der Waals surface area (Å²) < 4.78 is 70.7. The maximum atomic E-state index is 13.3.